The lowest BCUT2D eigenvalue weighted by molar-refractivity contribution is 0.520. The van der Waals surface area contributed by atoms with E-state index in [9.17, 15) is 0 Å². The molecule has 2 aromatic rings. The van der Waals surface area contributed by atoms with Crippen LogP contribution in [-0.2, 0) is 6.42 Å². The third-order valence-corrected chi connectivity index (χ3v) is 4.63. The molecule has 4 heteroatoms. The second-order valence-electron chi connectivity index (χ2n) is 4.08. The SMILES string of the molecule is CCNC(CCc1ccsc1)c1scnc1C. The van der Waals surface area contributed by atoms with Gasteiger partial charge in [0.15, 0.2) is 0 Å². The third-order valence-electron chi connectivity index (χ3n) is 2.85. The Labute approximate surface area is 111 Å². The zero-order valence-corrected chi connectivity index (χ0v) is 11.9. The number of thiophene rings is 1. The van der Waals surface area contributed by atoms with E-state index in [1.807, 2.05) is 5.51 Å². The molecule has 2 nitrogen and oxygen atoms in total. The first-order valence-electron chi connectivity index (χ1n) is 5.95. The zero-order valence-electron chi connectivity index (χ0n) is 10.3. The minimum Gasteiger partial charge on any atom is -0.309 e. The molecule has 1 N–H and O–H groups in total. The predicted octanol–water partition coefficient (Wildman–Crippen LogP) is 3.80. The van der Waals surface area contributed by atoms with Gasteiger partial charge < -0.3 is 5.32 Å². The standard InChI is InChI=1S/C13H18N2S2/c1-3-14-12(13-10(2)15-9-17-13)5-4-11-6-7-16-8-11/h6-9,12,14H,3-5H2,1-2H3. The van der Waals surface area contributed by atoms with Gasteiger partial charge in [-0.1, -0.05) is 6.92 Å². The summed E-state index contributed by atoms with van der Waals surface area (Å²) in [5, 5.41) is 7.95. The maximum absolute atomic E-state index is 4.35. The van der Waals surface area contributed by atoms with Crippen LogP contribution in [0.25, 0.3) is 0 Å². The van der Waals surface area contributed by atoms with E-state index in [4.69, 9.17) is 0 Å². The Morgan fingerprint density at radius 3 is 2.94 bits per heavy atom. The van der Waals surface area contributed by atoms with E-state index in [1.165, 1.54) is 16.1 Å². The van der Waals surface area contributed by atoms with Gasteiger partial charge in [0.2, 0.25) is 0 Å². The molecule has 0 aliphatic heterocycles. The average molecular weight is 266 g/mol. The number of aryl methyl sites for hydroxylation is 2. The molecule has 0 bridgehead atoms. The lowest BCUT2D eigenvalue weighted by Gasteiger charge is -2.16. The summed E-state index contributed by atoms with van der Waals surface area (Å²) in [7, 11) is 0. The van der Waals surface area contributed by atoms with Gasteiger partial charge in [0, 0.05) is 10.9 Å². The molecule has 0 saturated heterocycles. The molecular formula is C13H18N2S2. The Bertz CT molecular complexity index is 434. The van der Waals surface area contributed by atoms with Crippen molar-refractivity contribution in [2.45, 2.75) is 32.7 Å². The predicted molar refractivity (Wildman–Crippen MR) is 75.9 cm³/mol. The van der Waals surface area contributed by atoms with Crippen molar-refractivity contribution in [3.63, 3.8) is 0 Å². The molecule has 2 heterocycles. The number of thiazole rings is 1. The topological polar surface area (TPSA) is 24.9 Å². The van der Waals surface area contributed by atoms with Crippen molar-refractivity contribution in [3.05, 3.63) is 38.5 Å². The maximum atomic E-state index is 4.35. The van der Waals surface area contributed by atoms with Crippen LogP contribution in [-0.4, -0.2) is 11.5 Å². The van der Waals surface area contributed by atoms with Crippen LogP contribution >= 0.6 is 22.7 Å². The summed E-state index contributed by atoms with van der Waals surface area (Å²) in [4.78, 5) is 5.74. The molecule has 17 heavy (non-hydrogen) atoms. The van der Waals surface area contributed by atoms with Crippen molar-refractivity contribution in [1.82, 2.24) is 10.3 Å². The number of aromatic nitrogens is 1. The molecule has 1 atom stereocenters. The smallest absolute Gasteiger partial charge is 0.0798 e. The van der Waals surface area contributed by atoms with Gasteiger partial charge in [-0.3, -0.25) is 0 Å². The number of nitrogens with zero attached hydrogens (tertiary/aromatic N) is 1. The minimum absolute atomic E-state index is 0.451. The highest BCUT2D eigenvalue weighted by molar-refractivity contribution is 7.09. The Balaban J connectivity index is 2.00. The second-order valence-corrected chi connectivity index (χ2v) is 5.75. The van der Waals surface area contributed by atoms with Crippen molar-refractivity contribution in [2.24, 2.45) is 0 Å². The minimum atomic E-state index is 0.451. The molecule has 0 spiro atoms. The van der Waals surface area contributed by atoms with Crippen LogP contribution in [0, 0.1) is 6.92 Å². The molecule has 0 radical (unpaired) electrons. The number of hydrogen-bond acceptors (Lipinski definition) is 4. The number of hydrogen-bond donors (Lipinski definition) is 1. The van der Waals surface area contributed by atoms with Crippen LogP contribution in [0.5, 0.6) is 0 Å². The van der Waals surface area contributed by atoms with E-state index in [2.05, 4.69) is 41.0 Å². The molecule has 2 rings (SSSR count). The zero-order chi connectivity index (χ0) is 12.1. The van der Waals surface area contributed by atoms with E-state index in [0.717, 1.165) is 19.4 Å². The molecule has 0 amide bonds. The lowest BCUT2D eigenvalue weighted by Crippen LogP contribution is -2.21. The van der Waals surface area contributed by atoms with Crippen molar-refractivity contribution in [3.8, 4) is 0 Å². The highest BCUT2D eigenvalue weighted by Gasteiger charge is 2.14. The summed E-state index contributed by atoms with van der Waals surface area (Å²) >= 11 is 3.54. The van der Waals surface area contributed by atoms with Gasteiger partial charge in [-0.05, 0) is 48.7 Å². The van der Waals surface area contributed by atoms with E-state index >= 15 is 0 Å². The lowest BCUT2D eigenvalue weighted by atomic mass is 10.1. The van der Waals surface area contributed by atoms with Gasteiger partial charge in [-0.25, -0.2) is 4.98 Å². The Hall–Kier alpha value is -0.710. The van der Waals surface area contributed by atoms with Crippen LogP contribution < -0.4 is 5.32 Å². The van der Waals surface area contributed by atoms with Gasteiger partial charge in [0.1, 0.15) is 0 Å². The monoisotopic (exact) mass is 266 g/mol. The van der Waals surface area contributed by atoms with Crippen LogP contribution in [0.4, 0.5) is 0 Å². The van der Waals surface area contributed by atoms with Crippen LogP contribution in [0.3, 0.4) is 0 Å². The number of rotatable bonds is 6. The van der Waals surface area contributed by atoms with E-state index < -0.39 is 0 Å². The van der Waals surface area contributed by atoms with Gasteiger partial charge in [-0.15, -0.1) is 11.3 Å². The van der Waals surface area contributed by atoms with Gasteiger partial charge in [0.05, 0.1) is 11.2 Å². The highest BCUT2D eigenvalue weighted by atomic mass is 32.1. The summed E-state index contributed by atoms with van der Waals surface area (Å²) in [6, 6.07) is 2.67. The molecular weight excluding hydrogens is 248 g/mol. The van der Waals surface area contributed by atoms with Crippen LogP contribution in [0.15, 0.2) is 22.3 Å². The first kappa shape index (κ1) is 12.7. The Kier molecular flexibility index (Phi) is 4.71. The largest absolute Gasteiger partial charge is 0.309 e. The summed E-state index contributed by atoms with van der Waals surface area (Å²) in [5.74, 6) is 0. The van der Waals surface area contributed by atoms with E-state index in [1.54, 1.807) is 22.7 Å². The van der Waals surface area contributed by atoms with Crippen LogP contribution in [0.2, 0.25) is 0 Å². The second kappa shape index (κ2) is 6.28. The fraction of sp³-hybridized carbons (Fsp3) is 0.462. The van der Waals surface area contributed by atoms with Gasteiger partial charge in [-0.2, -0.15) is 11.3 Å². The summed E-state index contributed by atoms with van der Waals surface area (Å²) in [6.45, 7) is 5.26. The Morgan fingerprint density at radius 1 is 1.47 bits per heavy atom. The molecule has 0 aliphatic rings. The maximum Gasteiger partial charge on any atom is 0.0798 e. The molecule has 1 unspecified atom stereocenters. The van der Waals surface area contributed by atoms with E-state index in [0.29, 0.717) is 6.04 Å². The quantitative estimate of drug-likeness (QED) is 0.860. The van der Waals surface area contributed by atoms with Crippen molar-refractivity contribution >= 4 is 22.7 Å². The van der Waals surface area contributed by atoms with Gasteiger partial charge in [0.25, 0.3) is 0 Å². The summed E-state index contributed by atoms with van der Waals surface area (Å²) in [5.41, 5.74) is 4.56. The fourth-order valence-electron chi connectivity index (χ4n) is 1.96. The summed E-state index contributed by atoms with van der Waals surface area (Å²) < 4.78 is 0. The first-order valence-corrected chi connectivity index (χ1v) is 7.78. The van der Waals surface area contributed by atoms with Crippen molar-refractivity contribution in [1.29, 1.82) is 0 Å². The average Bonchev–Trinajstić information content (AvgIpc) is 2.95. The van der Waals surface area contributed by atoms with Gasteiger partial charge >= 0.3 is 0 Å². The molecule has 0 aliphatic carbocycles. The molecule has 0 fully saturated rings. The highest BCUT2D eigenvalue weighted by Crippen LogP contribution is 2.26. The summed E-state index contributed by atoms with van der Waals surface area (Å²) in [6.07, 6.45) is 2.28. The van der Waals surface area contributed by atoms with E-state index in [-0.39, 0.29) is 0 Å². The molecule has 92 valence electrons. The van der Waals surface area contributed by atoms with Crippen molar-refractivity contribution in [2.75, 3.05) is 6.54 Å². The van der Waals surface area contributed by atoms with Crippen molar-refractivity contribution < 1.29 is 0 Å². The first-order chi connectivity index (χ1) is 8.31. The number of nitrogens with one attached hydrogen (secondary N) is 1. The molecule has 0 saturated carbocycles. The third kappa shape index (κ3) is 3.37. The molecule has 0 aromatic carbocycles. The Morgan fingerprint density at radius 2 is 2.35 bits per heavy atom. The van der Waals surface area contributed by atoms with Crippen LogP contribution in [0.1, 0.15) is 35.5 Å². The fourth-order valence-corrected chi connectivity index (χ4v) is 3.58. The molecule has 2 aromatic heterocycles. The normalized spacial score (nSPS) is 12.8.